The topological polar surface area (TPSA) is 89.9 Å². The van der Waals surface area contributed by atoms with Gasteiger partial charge in [-0.15, -0.1) is 0 Å². The molecule has 0 aromatic carbocycles. The van der Waals surface area contributed by atoms with Crippen LogP contribution in [0.5, 0.6) is 0 Å². The minimum atomic E-state index is -0.367. The zero-order chi connectivity index (χ0) is 19.0. The first-order chi connectivity index (χ1) is 13.1. The normalized spacial score (nSPS) is 19.7. The van der Waals surface area contributed by atoms with Crippen molar-refractivity contribution in [3.8, 4) is 0 Å². The number of nitrogens with zero attached hydrogens (tertiary/aromatic N) is 4. The molecule has 0 N–H and O–H groups in total. The summed E-state index contributed by atoms with van der Waals surface area (Å²) in [6.07, 6.45) is 3.46. The molecule has 140 valence electrons. The van der Waals surface area contributed by atoms with Gasteiger partial charge < -0.3 is 14.2 Å². The highest BCUT2D eigenvalue weighted by Crippen LogP contribution is 2.25. The summed E-state index contributed by atoms with van der Waals surface area (Å²) in [6, 6.07) is 7.14. The summed E-state index contributed by atoms with van der Waals surface area (Å²) < 4.78 is 12.2. The molecule has 3 aromatic rings. The van der Waals surface area contributed by atoms with E-state index in [1.54, 1.807) is 36.4 Å². The number of likely N-dealkylation sites (tertiary alicyclic amines) is 1. The molecule has 1 aliphatic rings. The third-order valence-electron chi connectivity index (χ3n) is 4.96. The lowest BCUT2D eigenvalue weighted by Gasteiger charge is -2.15. The summed E-state index contributed by atoms with van der Waals surface area (Å²) >= 11 is 0. The van der Waals surface area contributed by atoms with Crippen molar-refractivity contribution in [2.24, 2.45) is 5.92 Å². The fourth-order valence-corrected chi connectivity index (χ4v) is 3.58. The van der Waals surface area contributed by atoms with Gasteiger partial charge in [0.05, 0.1) is 11.8 Å². The summed E-state index contributed by atoms with van der Waals surface area (Å²) in [7, 11) is 1.63. The maximum atomic E-state index is 13.0. The minimum Gasteiger partial charge on any atom is -0.379 e. The third-order valence-corrected chi connectivity index (χ3v) is 4.96. The smallest absolute Gasteiger partial charge is 0.270 e. The fourth-order valence-electron chi connectivity index (χ4n) is 3.58. The van der Waals surface area contributed by atoms with Gasteiger partial charge in [0, 0.05) is 51.0 Å². The van der Waals surface area contributed by atoms with E-state index >= 15 is 0 Å². The van der Waals surface area contributed by atoms with E-state index in [2.05, 4.69) is 10.1 Å². The number of ether oxygens (including phenoxy) is 1. The van der Waals surface area contributed by atoms with Gasteiger partial charge in [-0.05, 0) is 19.1 Å². The Bertz CT molecular complexity index is 1040. The van der Waals surface area contributed by atoms with Gasteiger partial charge in [-0.3, -0.25) is 14.0 Å². The molecule has 0 radical (unpaired) electrons. The highest BCUT2D eigenvalue weighted by molar-refractivity contribution is 5.94. The van der Waals surface area contributed by atoms with Gasteiger partial charge >= 0.3 is 0 Å². The van der Waals surface area contributed by atoms with Crippen LogP contribution in [0.1, 0.15) is 21.8 Å². The molecule has 0 saturated carbocycles. The molecule has 3 aromatic heterocycles. The average Bonchev–Trinajstić information content (AvgIpc) is 3.28. The highest BCUT2D eigenvalue weighted by atomic mass is 16.5. The van der Waals surface area contributed by atoms with Gasteiger partial charge in [-0.2, -0.15) is 0 Å². The first-order valence-corrected chi connectivity index (χ1v) is 8.77. The zero-order valence-corrected chi connectivity index (χ0v) is 15.2. The molecule has 0 aliphatic carbocycles. The first kappa shape index (κ1) is 17.4. The van der Waals surface area contributed by atoms with Crippen LogP contribution in [0, 0.1) is 12.8 Å². The number of rotatable bonds is 4. The molecular weight excluding hydrogens is 348 g/mol. The van der Waals surface area contributed by atoms with Gasteiger partial charge in [0.2, 0.25) is 0 Å². The van der Waals surface area contributed by atoms with E-state index in [0.717, 1.165) is 11.5 Å². The zero-order valence-electron chi connectivity index (χ0n) is 15.2. The number of hydrogen-bond donors (Lipinski definition) is 0. The second-order valence-electron chi connectivity index (χ2n) is 6.79. The second-order valence-corrected chi connectivity index (χ2v) is 6.79. The molecule has 1 amide bonds. The summed E-state index contributed by atoms with van der Waals surface area (Å²) in [6.45, 7) is 2.77. The molecule has 2 atom stereocenters. The van der Waals surface area contributed by atoms with Crippen LogP contribution in [0.25, 0.3) is 5.65 Å². The molecule has 0 bridgehead atoms. The summed E-state index contributed by atoms with van der Waals surface area (Å²) in [5, 5.41) is 3.90. The molecule has 8 nitrogen and oxygen atoms in total. The van der Waals surface area contributed by atoms with Crippen molar-refractivity contribution in [3.63, 3.8) is 0 Å². The van der Waals surface area contributed by atoms with E-state index in [1.165, 1.54) is 10.6 Å². The fraction of sp³-hybridized carbons (Fsp3) is 0.368. The standard InChI is InChI=1S/C19H20N4O4/c1-12-7-14(27-21-12)8-13-10-22(11-16(13)26-2)18(24)15-9-20-17-5-3-4-6-23(17)19(15)25/h3-7,9,13,16H,8,10-11H2,1-2H3/t13-,16+/m1/s1. The number of carbonyl (C=O) groups excluding carboxylic acids is 1. The molecule has 4 rings (SSSR count). The van der Waals surface area contributed by atoms with E-state index in [1.807, 2.05) is 13.0 Å². The summed E-state index contributed by atoms with van der Waals surface area (Å²) in [5.74, 6) is 0.507. The van der Waals surface area contributed by atoms with Crippen molar-refractivity contribution in [2.75, 3.05) is 20.2 Å². The predicted octanol–water partition coefficient (Wildman–Crippen LogP) is 1.32. The van der Waals surface area contributed by atoms with Crippen molar-refractivity contribution in [1.82, 2.24) is 19.4 Å². The Balaban J connectivity index is 1.57. The number of amides is 1. The van der Waals surface area contributed by atoms with Crippen molar-refractivity contribution >= 4 is 11.6 Å². The Kier molecular flexibility index (Phi) is 4.49. The molecule has 0 spiro atoms. The first-order valence-electron chi connectivity index (χ1n) is 8.77. The molecular formula is C19H20N4O4. The number of fused-ring (bicyclic) bond motifs is 1. The molecule has 27 heavy (non-hydrogen) atoms. The maximum absolute atomic E-state index is 13.0. The SMILES string of the molecule is CO[C@H]1CN(C(=O)c2cnc3ccccn3c2=O)C[C@H]1Cc1cc(C)no1. The molecule has 1 saturated heterocycles. The minimum absolute atomic E-state index is 0.0599. The molecule has 8 heteroatoms. The van der Waals surface area contributed by atoms with Crippen LogP contribution < -0.4 is 5.56 Å². The number of methoxy groups -OCH3 is 1. The number of carbonyl (C=O) groups is 1. The number of pyridine rings is 1. The van der Waals surface area contributed by atoms with Gasteiger partial charge in [0.25, 0.3) is 11.5 Å². The van der Waals surface area contributed by atoms with Gasteiger partial charge in [0.15, 0.2) is 0 Å². The Labute approximate surface area is 155 Å². The van der Waals surface area contributed by atoms with Crippen molar-refractivity contribution in [2.45, 2.75) is 19.4 Å². The maximum Gasteiger partial charge on any atom is 0.270 e. The molecule has 1 fully saturated rings. The van der Waals surface area contributed by atoms with Crippen LogP contribution >= 0.6 is 0 Å². The van der Waals surface area contributed by atoms with E-state index in [0.29, 0.717) is 25.2 Å². The highest BCUT2D eigenvalue weighted by Gasteiger charge is 2.37. The van der Waals surface area contributed by atoms with E-state index < -0.39 is 0 Å². The quantitative estimate of drug-likeness (QED) is 0.690. The Morgan fingerprint density at radius 2 is 2.22 bits per heavy atom. The molecule has 1 aliphatic heterocycles. The van der Waals surface area contributed by atoms with Crippen LogP contribution in [0.2, 0.25) is 0 Å². The predicted molar refractivity (Wildman–Crippen MR) is 96.6 cm³/mol. The van der Waals surface area contributed by atoms with Crippen molar-refractivity contribution in [3.05, 3.63) is 64.0 Å². The van der Waals surface area contributed by atoms with Crippen LogP contribution in [0.3, 0.4) is 0 Å². The van der Waals surface area contributed by atoms with Crippen molar-refractivity contribution < 1.29 is 14.1 Å². The van der Waals surface area contributed by atoms with Gasteiger partial charge in [-0.25, -0.2) is 4.98 Å². The lowest BCUT2D eigenvalue weighted by molar-refractivity contribution is 0.0671. The summed E-state index contributed by atoms with van der Waals surface area (Å²) in [4.78, 5) is 31.5. The number of aromatic nitrogens is 3. The Morgan fingerprint density at radius 1 is 1.37 bits per heavy atom. The Morgan fingerprint density at radius 3 is 2.96 bits per heavy atom. The lowest BCUT2D eigenvalue weighted by atomic mass is 10.0. The summed E-state index contributed by atoms with van der Waals surface area (Å²) in [5.41, 5.74) is 1.02. The molecule has 0 unspecified atom stereocenters. The van der Waals surface area contributed by atoms with Gasteiger partial charge in [0.1, 0.15) is 17.0 Å². The van der Waals surface area contributed by atoms with E-state index in [4.69, 9.17) is 9.26 Å². The largest absolute Gasteiger partial charge is 0.379 e. The third kappa shape index (κ3) is 3.23. The average molecular weight is 368 g/mol. The van der Waals surface area contributed by atoms with Gasteiger partial charge in [-0.1, -0.05) is 11.2 Å². The van der Waals surface area contributed by atoms with E-state index in [-0.39, 0.29) is 29.1 Å². The van der Waals surface area contributed by atoms with Crippen LogP contribution in [0.4, 0.5) is 0 Å². The molecule has 4 heterocycles. The van der Waals surface area contributed by atoms with Crippen LogP contribution in [-0.2, 0) is 11.2 Å². The van der Waals surface area contributed by atoms with Crippen LogP contribution in [0.15, 0.2) is 46.0 Å². The van der Waals surface area contributed by atoms with Crippen LogP contribution in [-0.4, -0.2) is 51.7 Å². The number of hydrogen-bond acceptors (Lipinski definition) is 6. The van der Waals surface area contributed by atoms with E-state index in [9.17, 15) is 9.59 Å². The Hall–Kier alpha value is -3.00. The monoisotopic (exact) mass is 368 g/mol. The van der Waals surface area contributed by atoms with Crippen molar-refractivity contribution in [1.29, 1.82) is 0 Å². The lowest BCUT2D eigenvalue weighted by Crippen LogP contribution is -2.35. The second kappa shape index (κ2) is 6.96. The number of aryl methyl sites for hydroxylation is 1.